The lowest BCUT2D eigenvalue weighted by Crippen LogP contribution is -2.20. The minimum atomic E-state index is -1.20. The molecule has 90 valence electrons. The van der Waals surface area contributed by atoms with Crippen molar-refractivity contribution in [3.8, 4) is 0 Å². The molecule has 0 N–H and O–H groups in total. The summed E-state index contributed by atoms with van der Waals surface area (Å²) in [6.07, 6.45) is 0. The molecule has 0 aliphatic rings. The van der Waals surface area contributed by atoms with Crippen molar-refractivity contribution < 1.29 is 18.2 Å². The molecule has 0 fully saturated rings. The summed E-state index contributed by atoms with van der Waals surface area (Å²) in [5, 5.41) is 10.8. The summed E-state index contributed by atoms with van der Waals surface area (Å²) in [6, 6.07) is 3.72. The van der Waals surface area contributed by atoms with Gasteiger partial charge in [-0.25, -0.2) is 9.59 Å². The van der Waals surface area contributed by atoms with Gasteiger partial charge < -0.3 is 13.3 Å². The van der Waals surface area contributed by atoms with Crippen molar-refractivity contribution >= 4 is 28.0 Å². The fourth-order valence-corrected chi connectivity index (χ4v) is 1.58. The molecule has 0 saturated heterocycles. The third-order valence-corrected chi connectivity index (χ3v) is 2.35. The third-order valence-electron chi connectivity index (χ3n) is 2.35. The first-order valence-electron chi connectivity index (χ1n) is 4.71. The first-order chi connectivity index (χ1) is 8.56. The molecular weight excluding hydrogens is 246 g/mol. The number of nitro benzene ring substituents is 1. The quantitative estimate of drug-likeness (QED) is 0.363. The maximum Gasteiger partial charge on any atom is 0.425 e. The highest BCUT2D eigenvalue weighted by Crippen LogP contribution is 2.29. The van der Waals surface area contributed by atoms with E-state index in [1.807, 2.05) is 0 Å². The zero-order valence-corrected chi connectivity index (χ0v) is 8.54. The number of hydrogen-bond acceptors (Lipinski definition) is 7. The van der Waals surface area contributed by atoms with Gasteiger partial charge in [0.05, 0.1) is 10.3 Å². The van der Waals surface area contributed by atoms with Gasteiger partial charge >= 0.3 is 17.0 Å². The molecule has 0 bridgehead atoms. The molecule has 0 unspecified atom stereocenters. The third kappa shape index (κ3) is 1.32. The monoisotopic (exact) mass is 249 g/mol. The Balaban J connectivity index is 2.50. The van der Waals surface area contributed by atoms with Gasteiger partial charge in [-0.3, -0.25) is 10.1 Å². The van der Waals surface area contributed by atoms with E-state index in [9.17, 15) is 19.7 Å². The lowest BCUT2D eigenvalue weighted by atomic mass is 10.2. The Morgan fingerprint density at radius 3 is 2.50 bits per heavy atom. The van der Waals surface area contributed by atoms with Crippen molar-refractivity contribution in [1.82, 2.24) is 0 Å². The van der Waals surface area contributed by atoms with Gasteiger partial charge in [0.1, 0.15) is 5.58 Å². The minimum Gasteiger partial charge on any atom is -0.422 e. The molecule has 8 heteroatoms. The predicted octanol–water partition coefficient (Wildman–Crippen LogP) is 1.40. The van der Waals surface area contributed by atoms with Crippen LogP contribution in [-0.2, 0) is 0 Å². The van der Waals surface area contributed by atoms with Gasteiger partial charge in [0.2, 0.25) is 5.58 Å². The molecule has 0 aliphatic carbocycles. The number of non-ortho nitro benzene ring substituents is 1. The molecule has 3 aromatic rings. The first-order valence-corrected chi connectivity index (χ1v) is 4.71. The second-order valence-electron chi connectivity index (χ2n) is 3.44. The van der Waals surface area contributed by atoms with Crippen LogP contribution in [0.1, 0.15) is 0 Å². The van der Waals surface area contributed by atoms with E-state index in [0.717, 1.165) is 0 Å². The van der Waals surface area contributed by atoms with Crippen molar-refractivity contribution in [2.75, 3.05) is 0 Å². The van der Waals surface area contributed by atoms with Crippen molar-refractivity contribution in [3.63, 3.8) is 0 Å². The van der Waals surface area contributed by atoms with Gasteiger partial charge in [-0.15, -0.1) is 0 Å². The number of nitro groups is 1. The van der Waals surface area contributed by atoms with E-state index >= 15 is 0 Å². The van der Waals surface area contributed by atoms with Crippen LogP contribution < -0.4 is 11.3 Å². The summed E-state index contributed by atoms with van der Waals surface area (Å²) in [6.45, 7) is 0. The van der Waals surface area contributed by atoms with Crippen LogP contribution in [0, 0.1) is 10.1 Å². The molecular formula is C10H3NO7. The van der Waals surface area contributed by atoms with Gasteiger partial charge in [0.25, 0.3) is 5.69 Å². The molecule has 0 radical (unpaired) electrons. The Hall–Kier alpha value is -2.90. The second kappa shape index (κ2) is 3.29. The van der Waals surface area contributed by atoms with Crippen LogP contribution in [0.2, 0.25) is 0 Å². The molecule has 3 rings (SSSR count). The van der Waals surface area contributed by atoms with Crippen molar-refractivity contribution in [2.24, 2.45) is 0 Å². The number of nitrogens with zero attached hydrogens (tertiary/aromatic N) is 1. The molecule has 0 atom stereocenters. The number of rotatable bonds is 1. The van der Waals surface area contributed by atoms with Gasteiger partial charge in [0.15, 0.2) is 0 Å². The number of fused-ring (bicyclic) bond motifs is 3. The Morgan fingerprint density at radius 1 is 1.06 bits per heavy atom. The Morgan fingerprint density at radius 2 is 1.78 bits per heavy atom. The summed E-state index contributed by atoms with van der Waals surface area (Å²) in [7, 11) is 0. The normalized spacial score (nSPS) is 11.1. The Bertz CT molecular complexity index is 898. The zero-order valence-electron chi connectivity index (χ0n) is 8.54. The van der Waals surface area contributed by atoms with E-state index in [-0.39, 0.29) is 28.0 Å². The molecule has 0 spiro atoms. The molecule has 2 aromatic heterocycles. The first kappa shape index (κ1) is 10.3. The van der Waals surface area contributed by atoms with E-state index in [2.05, 4.69) is 4.42 Å². The SMILES string of the molecule is O=c1oc2oc3ccc([N+](=O)[O-])cc3c2oc1=O. The number of furan rings is 1. The van der Waals surface area contributed by atoms with E-state index in [1.165, 1.54) is 18.2 Å². The van der Waals surface area contributed by atoms with Crippen molar-refractivity contribution in [2.45, 2.75) is 0 Å². The van der Waals surface area contributed by atoms with Crippen LogP contribution >= 0.6 is 0 Å². The average Bonchev–Trinajstić information content (AvgIpc) is 2.66. The molecule has 1 aromatic carbocycles. The van der Waals surface area contributed by atoms with Gasteiger partial charge in [-0.1, -0.05) is 0 Å². The minimum absolute atomic E-state index is 0.127. The van der Waals surface area contributed by atoms with Gasteiger partial charge in [-0.2, -0.15) is 0 Å². The van der Waals surface area contributed by atoms with Gasteiger partial charge in [-0.05, 0) is 6.07 Å². The van der Waals surface area contributed by atoms with Crippen LogP contribution in [0.3, 0.4) is 0 Å². The van der Waals surface area contributed by atoms with Crippen LogP contribution in [-0.4, -0.2) is 4.92 Å². The van der Waals surface area contributed by atoms with E-state index in [1.54, 1.807) is 0 Å². The summed E-state index contributed by atoms with van der Waals surface area (Å²) < 4.78 is 14.4. The van der Waals surface area contributed by atoms with E-state index < -0.39 is 16.2 Å². The van der Waals surface area contributed by atoms with Crippen molar-refractivity contribution in [3.05, 3.63) is 49.2 Å². The average molecular weight is 249 g/mol. The van der Waals surface area contributed by atoms with Gasteiger partial charge in [0, 0.05) is 12.1 Å². The lowest BCUT2D eigenvalue weighted by Gasteiger charge is -1.89. The zero-order chi connectivity index (χ0) is 12.9. The topological polar surface area (TPSA) is 117 Å². The maximum atomic E-state index is 11.0. The summed E-state index contributed by atoms with van der Waals surface area (Å²) in [4.78, 5) is 32.0. The van der Waals surface area contributed by atoms with Crippen LogP contribution in [0.5, 0.6) is 0 Å². The summed E-state index contributed by atoms with van der Waals surface area (Å²) >= 11 is 0. The smallest absolute Gasteiger partial charge is 0.422 e. The fraction of sp³-hybridized carbons (Fsp3) is 0. The Kier molecular flexibility index (Phi) is 1.88. The highest BCUT2D eigenvalue weighted by atomic mass is 16.6. The molecule has 0 aliphatic heterocycles. The van der Waals surface area contributed by atoms with Crippen LogP contribution in [0.25, 0.3) is 22.3 Å². The molecule has 18 heavy (non-hydrogen) atoms. The summed E-state index contributed by atoms with van der Waals surface area (Å²) in [5.41, 5.74) is -2.50. The van der Waals surface area contributed by atoms with Crippen molar-refractivity contribution in [1.29, 1.82) is 0 Å². The molecule has 8 nitrogen and oxygen atoms in total. The van der Waals surface area contributed by atoms with Crippen LogP contribution in [0.4, 0.5) is 5.69 Å². The lowest BCUT2D eigenvalue weighted by molar-refractivity contribution is -0.384. The van der Waals surface area contributed by atoms with E-state index in [0.29, 0.717) is 0 Å². The Labute approximate surface area is 96.2 Å². The highest BCUT2D eigenvalue weighted by molar-refractivity contribution is 5.99. The largest absolute Gasteiger partial charge is 0.425 e. The predicted molar refractivity (Wildman–Crippen MR) is 57.4 cm³/mol. The fourth-order valence-electron chi connectivity index (χ4n) is 1.58. The number of hydrogen-bond donors (Lipinski definition) is 0. The highest BCUT2D eigenvalue weighted by Gasteiger charge is 2.17. The molecule has 2 heterocycles. The standard InChI is InChI=1S/C10H3NO7/c12-8-9(13)18-10-7(17-8)5-3-4(11(14)15)1-2-6(5)16-10/h1-3H. The second-order valence-corrected chi connectivity index (χ2v) is 3.44. The molecule has 0 amide bonds. The number of benzene rings is 1. The van der Waals surface area contributed by atoms with Crippen LogP contribution in [0.15, 0.2) is 41.0 Å². The molecule has 0 saturated carbocycles. The summed E-state index contributed by atoms with van der Waals surface area (Å²) in [5.74, 6) is -0.282. The maximum absolute atomic E-state index is 11.0. The van der Waals surface area contributed by atoms with E-state index in [4.69, 9.17) is 8.83 Å².